The van der Waals surface area contributed by atoms with E-state index in [2.05, 4.69) is 10.2 Å². The van der Waals surface area contributed by atoms with Crippen LogP contribution in [0.2, 0.25) is 5.02 Å². The van der Waals surface area contributed by atoms with Gasteiger partial charge in [-0.15, -0.1) is 0 Å². The van der Waals surface area contributed by atoms with Gasteiger partial charge in [0.15, 0.2) is 0 Å². The monoisotopic (exact) mass is 361 g/mol. The Labute approximate surface area is 152 Å². The van der Waals surface area contributed by atoms with E-state index in [0.717, 1.165) is 18.7 Å². The number of carbonyl (C=O) groups is 1. The van der Waals surface area contributed by atoms with Crippen molar-refractivity contribution in [3.63, 3.8) is 0 Å². The van der Waals surface area contributed by atoms with Gasteiger partial charge < -0.3 is 10.2 Å². The minimum absolute atomic E-state index is 0.0145. The Morgan fingerprint density at radius 3 is 2.56 bits per heavy atom. The zero-order valence-electron chi connectivity index (χ0n) is 13.9. The second-order valence-corrected chi connectivity index (χ2v) is 6.56. The topological polar surface area (TPSA) is 35.6 Å². The average molecular weight is 362 g/mol. The molecule has 0 bridgehead atoms. The van der Waals surface area contributed by atoms with Gasteiger partial charge in [-0.1, -0.05) is 35.9 Å². The number of halogens is 2. The SMILES string of the molecule is O=C(CN1CCN(c2ccccc2F)CC1)NCc1cccc(Cl)c1. The van der Waals surface area contributed by atoms with Crippen molar-refractivity contribution < 1.29 is 9.18 Å². The number of nitrogens with one attached hydrogen (secondary N) is 1. The third-order valence-electron chi connectivity index (χ3n) is 4.31. The molecule has 132 valence electrons. The fourth-order valence-electron chi connectivity index (χ4n) is 2.96. The molecule has 1 N–H and O–H groups in total. The van der Waals surface area contributed by atoms with E-state index < -0.39 is 0 Å². The first-order valence-electron chi connectivity index (χ1n) is 8.35. The lowest BCUT2D eigenvalue weighted by Gasteiger charge is -2.35. The number of hydrogen-bond acceptors (Lipinski definition) is 3. The van der Waals surface area contributed by atoms with Crippen LogP contribution in [0.3, 0.4) is 0 Å². The summed E-state index contributed by atoms with van der Waals surface area (Å²) in [6.45, 7) is 3.71. The number of carbonyl (C=O) groups excluding carboxylic acids is 1. The number of hydrogen-bond donors (Lipinski definition) is 1. The van der Waals surface area contributed by atoms with Crippen LogP contribution in [0.15, 0.2) is 48.5 Å². The van der Waals surface area contributed by atoms with Crippen LogP contribution in [-0.4, -0.2) is 43.5 Å². The number of benzene rings is 2. The summed E-state index contributed by atoms with van der Waals surface area (Å²) in [7, 11) is 0. The molecule has 0 aromatic heterocycles. The highest BCUT2D eigenvalue weighted by atomic mass is 35.5. The number of amides is 1. The van der Waals surface area contributed by atoms with Crippen molar-refractivity contribution in [3.8, 4) is 0 Å². The molecule has 0 unspecified atom stereocenters. The van der Waals surface area contributed by atoms with Gasteiger partial charge in [0.05, 0.1) is 12.2 Å². The molecule has 25 heavy (non-hydrogen) atoms. The van der Waals surface area contributed by atoms with Crippen LogP contribution >= 0.6 is 11.6 Å². The Kier molecular flexibility index (Phi) is 5.89. The van der Waals surface area contributed by atoms with Crippen LogP contribution in [0.1, 0.15) is 5.56 Å². The van der Waals surface area contributed by atoms with Gasteiger partial charge in [0.25, 0.3) is 0 Å². The summed E-state index contributed by atoms with van der Waals surface area (Å²) in [5, 5.41) is 3.58. The zero-order valence-corrected chi connectivity index (χ0v) is 14.7. The Balaban J connectivity index is 1.44. The molecule has 2 aromatic carbocycles. The lowest BCUT2D eigenvalue weighted by atomic mass is 10.2. The smallest absolute Gasteiger partial charge is 0.234 e. The van der Waals surface area contributed by atoms with Crippen LogP contribution in [0.4, 0.5) is 10.1 Å². The quantitative estimate of drug-likeness (QED) is 0.889. The van der Waals surface area contributed by atoms with Gasteiger partial charge in [0.2, 0.25) is 5.91 Å². The van der Waals surface area contributed by atoms with Crippen molar-refractivity contribution in [1.29, 1.82) is 0 Å². The lowest BCUT2D eigenvalue weighted by Crippen LogP contribution is -2.49. The maximum Gasteiger partial charge on any atom is 0.234 e. The van der Waals surface area contributed by atoms with Gasteiger partial charge >= 0.3 is 0 Å². The van der Waals surface area contributed by atoms with E-state index >= 15 is 0 Å². The molecule has 0 spiro atoms. The Bertz CT molecular complexity index is 732. The van der Waals surface area contributed by atoms with Crippen LogP contribution in [0.25, 0.3) is 0 Å². The minimum Gasteiger partial charge on any atom is -0.367 e. The second-order valence-electron chi connectivity index (χ2n) is 6.12. The third-order valence-corrected chi connectivity index (χ3v) is 4.55. The van der Waals surface area contributed by atoms with Gasteiger partial charge in [-0.05, 0) is 29.8 Å². The standard InChI is InChI=1S/C19H21ClFN3O/c20-16-5-3-4-15(12-16)13-22-19(25)14-23-8-10-24(11-9-23)18-7-2-1-6-17(18)21/h1-7,12H,8-11,13-14H2,(H,22,25). The number of anilines is 1. The Morgan fingerprint density at radius 2 is 1.84 bits per heavy atom. The highest BCUT2D eigenvalue weighted by Crippen LogP contribution is 2.20. The first kappa shape index (κ1) is 17.7. The van der Waals surface area contributed by atoms with Crippen molar-refractivity contribution >= 4 is 23.2 Å². The second kappa shape index (κ2) is 8.32. The molecular weight excluding hydrogens is 341 g/mol. The molecule has 1 saturated heterocycles. The van der Waals surface area contributed by atoms with Crippen LogP contribution in [0, 0.1) is 5.82 Å². The summed E-state index contributed by atoms with van der Waals surface area (Å²) in [4.78, 5) is 16.2. The van der Waals surface area contributed by atoms with Crippen molar-refractivity contribution in [3.05, 3.63) is 64.9 Å². The summed E-state index contributed by atoms with van der Waals surface area (Å²) < 4.78 is 13.8. The fourth-order valence-corrected chi connectivity index (χ4v) is 3.17. The largest absolute Gasteiger partial charge is 0.367 e. The van der Waals surface area contributed by atoms with Crippen LogP contribution in [0.5, 0.6) is 0 Å². The predicted molar refractivity (Wildman–Crippen MR) is 98.4 cm³/mol. The van der Waals surface area contributed by atoms with Crippen molar-refractivity contribution in [2.45, 2.75) is 6.54 Å². The number of nitrogens with zero attached hydrogens (tertiary/aromatic N) is 2. The molecule has 2 aromatic rings. The number of rotatable bonds is 5. The van der Waals surface area contributed by atoms with E-state index in [0.29, 0.717) is 36.9 Å². The Morgan fingerprint density at radius 1 is 1.08 bits per heavy atom. The lowest BCUT2D eigenvalue weighted by molar-refractivity contribution is -0.122. The van der Waals surface area contributed by atoms with Gasteiger partial charge in [-0.2, -0.15) is 0 Å². The number of piperazine rings is 1. The van der Waals surface area contributed by atoms with Crippen molar-refractivity contribution in [2.75, 3.05) is 37.6 Å². The zero-order chi connectivity index (χ0) is 17.6. The molecule has 1 amide bonds. The molecular formula is C19H21ClFN3O. The summed E-state index contributed by atoms with van der Waals surface area (Å²) in [5.74, 6) is -0.213. The molecule has 3 rings (SSSR count). The molecule has 1 fully saturated rings. The van der Waals surface area contributed by atoms with Gasteiger partial charge in [0.1, 0.15) is 5.82 Å². The van der Waals surface area contributed by atoms with E-state index in [1.807, 2.05) is 35.2 Å². The minimum atomic E-state index is -0.199. The van der Waals surface area contributed by atoms with Crippen LogP contribution in [-0.2, 0) is 11.3 Å². The molecule has 6 heteroatoms. The van der Waals surface area contributed by atoms with Crippen molar-refractivity contribution in [1.82, 2.24) is 10.2 Å². The van der Waals surface area contributed by atoms with Crippen LogP contribution < -0.4 is 10.2 Å². The first-order chi connectivity index (χ1) is 12.1. The number of para-hydroxylation sites is 1. The van der Waals surface area contributed by atoms with E-state index in [1.54, 1.807) is 12.1 Å². The molecule has 1 aliphatic rings. The normalized spacial score (nSPS) is 15.2. The first-order valence-corrected chi connectivity index (χ1v) is 8.72. The molecule has 0 saturated carbocycles. The summed E-state index contributed by atoms with van der Waals surface area (Å²) in [6, 6.07) is 14.3. The van der Waals surface area contributed by atoms with Gasteiger partial charge in [0, 0.05) is 37.7 Å². The average Bonchev–Trinajstić information content (AvgIpc) is 2.61. The molecule has 0 aliphatic carbocycles. The molecule has 1 aliphatic heterocycles. The fraction of sp³-hybridized carbons (Fsp3) is 0.316. The van der Waals surface area contributed by atoms with Gasteiger partial charge in [-0.3, -0.25) is 9.69 Å². The highest BCUT2D eigenvalue weighted by molar-refractivity contribution is 6.30. The maximum atomic E-state index is 13.8. The Hall–Kier alpha value is -2.11. The van der Waals surface area contributed by atoms with Gasteiger partial charge in [-0.25, -0.2) is 4.39 Å². The van der Waals surface area contributed by atoms with E-state index in [9.17, 15) is 9.18 Å². The summed E-state index contributed by atoms with van der Waals surface area (Å²) in [5.41, 5.74) is 1.61. The summed E-state index contributed by atoms with van der Waals surface area (Å²) in [6.07, 6.45) is 0. The molecule has 1 heterocycles. The molecule has 0 atom stereocenters. The van der Waals surface area contributed by atoms with E-state index in [4.69, 9.17) is 11.6 Å². The molecule has 4 nitrogen and oxygen atoms in total. The third kappa shape index (κ3) is 4.94. The van der Waals surface area contributed by atoms with E-state index in [-0.39, 0.29) is 11.7 Å². The van der Waals surface area contributed by atoms with Crippen molar-refractivity contribution in [2.24, 2.45) is 0 Å². The highest BCUT2D eigenvalue weighted by Gasteiger charge is 2.20. The van der Waals surface area contributed by atoms with E-state index in [1.165, 1.54) is 6.07 Å². The molecule has 0 radical (unpaired) electrons. The maximum absolute atomic E-state index is 13.8. The summed E-state index contributed by atoms with van der Waals surface area (Å²) >= 11 is 5.94. The predicted octanol–water partition coefficient (Wildman–Crippen LogP) is 2.92.